The topological polar surface area (TPSA) is 81.0 Å². The second-order valence-corrected chi connectivity index (χ2v) is 5.86. The Labute approximate surface area is 138 Å². The van der Waals surface area contributed by atoms with Gasteiger partial charge in [-0.25, -0.2) is 0 Å². The highest BCUT2D eigenvalue weighted by Gasteiger charge is 2.19. The molecule has 0 atom stereocenters. The van der Waals surface area contributed by atoms with Crippen LogP contribution < -0.4 is 10.6 Å². The van der Waals surface area contributed by atoms with Crippen molar-refractivity contribution < 1.29 is 9.59 Å². The number of nitrogens with one attached hydrogen (secondary N) is 2. The van der Waals surface area contributed by atoms with E-state index in [1.807, 2.05) is 22.8 Å². The maximum atomic E-state index is 12.5. The summed E-state index contributed by atoms with van der Waals surface area (Å²) in [6.07, 6.45) is 2.50. The van der Waals surface area contributed by atoms with Crippen molar-refractivity contribution in [1.82, 2.24) is 19.7 Å². The first-order valence-electron chi connectivity index (χ1n) is 7.84. The molecular formula is C17H17N5O2. The third-order valence-corrected chi connectivity index (χ3v) is 4.31. The molecule has 2 amide bonds. The number of nitrogens with zero attached hydrogens (tertiary/aromatic N) is 3. The zero-order valence-electron chi connectivity index (χ0n) is 13.2. The molecule has 4 rings (SSSR count). The van der Waals surface area contributed by atoms with Crippen molar-refractivity contribution in [2.75, 3.05) is 11.9 Å². The van der Waals surface area contributed by atoms with Gasteiger partial charge in [0.2, 0.25) is 0 Å². The quantitative estimate of drug-likeness (QED) is 0.754. The highest BCUT2D eigenvalue weighted by Crippen LogP contribution is 2.23. The van der Waals surface area contributed by atoms with E-state index in [0.717, 1.165) is 23.9 Å². The second kappa shape index (κ2) is 5.52. The minimum Gasteiger partial charge on any atom is -0.351 e. The van der Waals surface area contributed by atoms with Gasteiger partial charge in [0.25, 0.3) is 11.8 Å². The summed E-state index contributed by atoms with van der Waals surface area (Å²) in [4.78, 5) is 24.6. The van der Waals surface area contributed by atoms with Crippen molar-refractivity contribution in [3.63, 3.8) is 0 Å². The van der Waals surface area contributed by atoms with E-state index in [9.17, 15) is 9.59 Å². The molecule has 24 heavy (non-hydrogen) atoms. The molecule has 0 unspecified atom stereocenters. The molecule has 7 nitrogen and oxygen atoms in total. The molecule has 0 radical (unpaired) electrons. The number of aryl methyl sites for hydroxylation is 2. The third-order valence-electron chi connectivity index (χ3n) is 4.31. The fourth-order valence-corrected chi connectivity index (χ4v) is 3.04. The Morgan fingerprint density at radius 2 is 2.17 bits per heavy atom. The molecule has 1 aliphatic rings. The van der Waals surface area contributed by atoms with Gasteiger partial charge in [-0.2, -0.15) is 5.10 Å². The van der Waals surface area contributed by atoms with Crippen LogP contribution in [-0.2, 0) is 13.6 Å². The normalized spacial score (nSPS) is 14.1. The van der Waals surface area contributed by atoms with Crippen LogP contribution in [0.4, 0.5) is 5.82 Å². The molecule has 2 aromatic heterocycles. The average molecular weight is 323 g/mol. The number of hydrogen-bond donors (Lipinski definition) is 2. The Kier molecular flexibility index (Phi) is 3.34. The molecule has 0 aliphatic carbocycles. The van der Waals surface area contributed by atoms with Crippen LogP contribution in [0.1, 0.15) is 27.3 Å². The molecule has 3 aromatic rings. The van der Waals surface area contributed by atoms with Gasteiger partial charge in [0.1, 0.15) is 11.5 Å². The number of fused-ring (bicyclic) bond motifs is 3. The summed E-state index contributed by atoms with van der Waals surface area (Å²) in [6.45, 7) is 1.42. The maximum absolute atomic E-state index is 12.5. The van der Waals surface area contributed by atoms with Crippen molar-refractivity contribution in [2.24, 2.45) is 7.05 Å². The molecule has 0 spiro atoms. The van der Waals surface area contributed by atoms with Crippen molar-refractivity contribution in [2.45, 2.75) is 13.0 Å². The molecular weight excluding hydrogens is 306 g/mol. The van der Waals surface area contributed by atoms with Crippen molar-refractivity contribution in [3.8, 4) is 0 Å². The van der Waals surface area contributed by atoms with E-state index in [2.05, 4.69) is 15.7 Å². The van der Waals surface area contributed by atoms with Crippen LogP contribution in [0.25, 0.3) is 10.9 Å². The van der Waals surface area contributed by atoms with Crippen LogP contribution >= 0.6 is 0 Å². The maximum Gasteiger partial charge on any atom is 0.267 e. The molecule has 7 heteroatoms. The van der Waals surface area contributed by atoms with Gasteiger partial charge in [0, 0.05) is 42.7 Å². The van der Waals surface area contributed by atoms with Crippen molar-refractivity contribution in [3.05, 3.63) is 47.8 Å². The number of amides is 2. The summed E-state index contributed by atoms with van der Waals surface area (Å²) >= 11 is 0. The third kappa shape index (κ3) is 2.34. The number of carbonyl (C=O) groups is 2. The molecule has 0 saturated heterocycles. The predicted molar refractivity (Wildman–Crippen MR) is 90.0 cm³/mol. The van der Waals surface area contributed by atoms with Gasteiger partial charge in [0.15, 0.2) is 0 Å². The Morgan fingerprint density at radius 3 is 2.96 bits per heavy atom. The van der Waals surface area contributed by atoms with E-state index in [0.29, 0.717) is 23.6 Å². The van der Waals surface area contributed by atoms with Gasteiger partial charge in [-0.3, -0.25) is 14.3 Å². The van der Waals surface area contributed by atoms with Gasteiger partial charge in [0.05, 0.1) is 6.20 Å². The molecule has 0 saturated carbocycles. The standard InChI is InChI=1S/C17H17N5O2/c1-21-15(5-7-19-21)20-16(23)12-4-3-11-9-14-17(24)18-6-2-8-22(14)13(11)10-12/h3-5,7,9-10H,2,6,8H2,1H3,(H,18,24)(H,20,23). The zero-order chi connectivity index (χ0) is 16.7. The van der Waals surface area contributed by atoms with Gasteiger partial charge >= 0.3 is 0 Å². The first-order valence-corrected chi connectivity index (χ1v) is 7.84. The van der Waals surface area contributed by atoms with E-state index in [1.165, 1.54) is 0 Å². The van der Waals surface area contributed by atoms with E-state index < -0.39 is 0 Å². The molecule has 122 valence electrons. The zero-order valence-corrected chi connectivity index (χ0v) is 13.2. The lowest BCUT2D eigenvalue weighted by molar-refractivity contribution is 0.0950. The summed E-state index contributed by atoms with van der Waals surface area (Å²) in [7, 11) is 1.77. The van der Waals surface area contributed by atoms with Crippen LogP contribution in [0.3, 0.4) is 0 Å². The summed E-state index contributed by atoms with van der Waals surface area (Å²) in [5.41, 5.74) is 2.10. The van der Waals surface area contributed by atoms with E-state index in [1.54, 1.807) is 30.1 Å². The summed E-state index contributed by atoms with van der Waals surface area (Å²) in [6, 6.07) is 9.10. The first kappa shape index (κ1) is 14.5. The number of rotatable bonds is 2. The summed E-state index contributed by atoms with van der Waals surface area (Å²) in [5.74, 6) is 0.368. The highest BCUT2D eigenvalue weighted by atomic mass is 16.2. The van der Waals surface area contributed by atoms with Crippen molar-refractivity contribution >= 4 is 28.5 Å². The molecule has 2 N–H and O–H groups in total. The second-order valence-electron chi connectivity index (χ2n) is 5.86. The predicted octanol–water partition coefficient (Wildman–Crippen LogP) is 1.76. The monoisotopic (exact) mass is 323 g/mol. The summed E-state index contributed by atoms with van der Waals surface area (Å²) < 4.78 is 3.59. The molecule has 0 fully saturated rings. The average Bonchev–Trinajstić information content (AvgIpc) is 3.09. The molecule has 1 aromatic carbocycles. The van der Waals surface area contributed by atoms with Gasteiger partial charge in [-0.1, -0.05) is 6.07 Å². The Hall–Kier alpha value is -3.09. The fraction of sp³-hybridized carbons (Fsp3) is 0.235. The van der Waals surface area contributed by atoms with Crippen LogP contribution in [0.2, 0.25) is 0 Å². The lowest BCUT2D eigenvalue weighted by Crippen LogP contribution is -2.22. The first-order chi connectivity index (χ1) is 11.6. The van der Waals surface area contributed by atoms with E-state index in [4.69, 9.17) is 0 Å². The van der Waals surface area contributed by atoms with Crippen molar-refractivity contribution in [1.29, 1.82) is 0 Å². The largest absolute Gasteiger partial charge is 0.351 e. The Bertz CT molecular complexity index is 953. The molecule has 1 aliphatic heterocycles. The Morgan fingerprint density at radius 1 is 1.29 bits per heavy atom. The molecule has 0 bridgehead atoms. The Balaban J connectivity index is 1.72. The van der Waals surface area contributed by atoms with Crippen LogP contribution in [0.5, 0.6) is 0 Å². The smallest absolute Gasteiger partial charge is 0.267 e. The number of anilines is 1. The number of hydrogen-bond acceptors (Lipinski definition) is 3. The van der Waals surface area contributed by atoms with Gasteiger partial charge in [-0.15, -0.1) is 0 Å². The van der Waals surface area contributed by atoms with Gasteiger partial charge < -0.3 is 15.2 Å². The lowest BCUT2D eigenvalue weighted by atomic mass is 10.1. The van der Waals surface area contributed by atoms with E-state index in [-0.39, 0.29) is 11.8 Å². The molecule has 3 heterocycles. The van der Waals surface area contributed by atoms with Crippen LogP contribution in [-0.4, -0.2) is 32.7 Å². The lowest BCUT2D eigenvalue weighted by Gasteiger charge is -2.08. The highest BCUT2D eigenvalue weighted by molar-refractivity contribution is 6.07. The number of carbonyl (C=O) groups excluding carboxylic acids is 2. The SMILES string of the molecule is Cn1nccc1NC(=O)c1ccc2cc3n(c2c1)CCCNC3=O. The minimum absolute atomic E-state index is 0.0652. The number of benzene rings is 1. The minimum atomic E-state index is -0.200. The van der Waals surface area contributed by atoms with Gasteiger partial charge in [-0.05, 0) is 24.6 Å². The van der Waals surface area contributed by atoms with Crippen LogP contribution in [0.15, 0.2) is 36.5 Å². The summed E-state index contributed by atoms with van der Waals surface area (Å²) in [5, 5.41) is 10.7. The fourth-order valence-electron chi connectivity index (χ4n) is 3.04. The number of aromatic nitrogens is 3. The van der Waals surface area contributed by atoms with E-state index >= 15 is 0 Å². The van der Waals surface area contributed by atoms with Crippen LogP contribution in [0, 0.1) is 0 Å².